The van der Waals surface area contributed by atoms with Crippen molar-refractivity contribution in [1.82, 2.24) is 0 Å². The molecule has 0 aromatic rings. The van der Waals surface area contributed by atoms with Crippen LogP contribution < -0.4 is 0 Å². The topological polar surface area (TPSA) is 158 Å². The molecule has 0 saturated carbocycles. The number of hydrogen-bond donors (Lipinski definition) is 0. The highest BCUT2D eigenvalue weighted by molar-refractivity contribution is 5.73. The maximum absolute atomic E-state index is 14.8. The van der Waals surface area contributed by atoms with Crippen LogP contribution in [-0.2, 0) is 57.2 Å². The summed E-state index contributed by atoms with van der Waals surface area (Å²) in [5.41, 5.74) is 0. The monoisotopic (exact) mass is 1610 g/mol. The third-order valence-corrected chi connectivity index (χ3v) is 23.9. The Labute approximate surface area is 707 Å². The van der Waals surface area contributed by atoms with Gasteiger partial charge in [-0.3, -0.25) is 28.8 Å². The molecule has 12 heteroatoms. The van der Waals surface area contributed by atoms with Crippen molar-refractivity contribution in [3.05, 3.63) is 0 Å². The minimum absolute atomic E-state index is 0.0456. The van der Waals surface area contributed by atoms with Crippen molar-refractivity contribution in [1.29, 1.82) is 0 Å². The molecule has 0 saturated heterocycles. The van der Waals surface area contributed by atoms with Gasteiger partial charge in [0.25, 0.3) is 0 Å². The molecular formula is C102H194O12. The molecule has 0 radical (unpaired) electrons. The highest BCUT2D eigenvalue weighted by atomic mass is 16.6. The average molecular weight is 1610 g/mol. The van der Waals surface area contributed by atoms with E-state index in [1.54, 1.807) is 0 Å². The Hall–Kier alpha value is -3.18. The van der Waals surface area contributed by atoms with Gasteiger partial charge in [0, 0.05) is 38.5 Å². The number of unbranched alkanes of at least 4 members (excludes halogenated alkanes) is 72. The van der Waals surface area contributed by atoms with Crippen LogP contribution in [0.2, 0.25) is 0 Å². The molecule has 114 heavy (non-hydrogen) atoms. The molecule has 0 aromatic heterocycles. The van der Waals surface area contributed by atoms with E-state index >= 15 is 0 Å². The predicted octanol–water partition coefficient (Wildman–Crippen LogP) is 32.6. The average Bonchev–Trinajstić information content (AvgIpc) is 0.822. The largest absolute Gasteiger partial charge is 0.462 e. The van der Waals surface area contributed by atoms with Gasteiger partial charge in [-0.05, 0) is 38.5 Å². The summed E-state index contributed by atoms with van der Waals surface area (Å²) in [5, 5.41) is 0. The van der Waals surface area contributed by atoms with Crippen LogP contribution in [0, 0.1) is 0 Å². The summed E-state index contributed by atoms with van der Waals surface area (Å²) < 4.78 is 38.5. The van der Waals surface area contributed by atoms with Gasteiger partial charge in [0.15, 0.2) is 24.4 Å². The summed E-state index contributed by atoms with van der Waals surface area (Å²) in [6.45, 7) is 12.6. The fraction of sp³-hybridized carbons (Fsp3) is 0.941. The second-order valence-corrected chi connectivity index (χ2v) is 35.3. The molecule has 0 N–H and O–H groups in total. The van der Waals surface area contributed by atoms with Gasteiger partial charge < -0.3 is 28.4 Å². The lowest BCUT2D eigenvalue weighted by Crippen LogP contribution is -2.54. The lowest BCUT2D eigenvalue weighted by molar-refractivity contribution is -0.209. The molecule has 12 nitrogen and oxygen atoms in total. The number of carbonyl (C=O) groups is 6. The molecule has 0 amide bonds. The Morgan fingerprint density at radius 1 is 0.149 bits per heavy atom. The molecule has 0 spiro atoms. The van der Waals surface area contributed by atoms with E-state index in [2.05, 4.69) is 41.5 Å². The lowest BCUT2D eigenvalue weighted by atomic mass is 10.0. The van der Waals surface area contributed by atoms with Gasteiger partial charge in [0.2, 0.25) is 0 Å². The fourth-order valence-corrected chi connectivity index (χ4v) is 16.2. The smallest absolute Gasteiger partial charge is 0.306 e. The first-order valence-electron chi connectivity index (χ1n) is 51.2. The molecule has 0 unspecified atom stereocenters. The van der Waals surface area contributed by atoms with Gasteiger partial charge in [-0.2, -0.15) is 0 Å². The van der Waals surface area contributed by atoms with Crippen molar-refractivity contribution in [3.8, 4) is 0 Å². The van der Waals surface area contributed by atoms with E-state index in [-0.39, 0.29) is 38.5 Å². The van der Waals surface area contributed by atoms with Gasteiger partial charge in [0.05, 0.1) is 0 Å². The van der Waals surface area contributed by atoms with Gasteiger partial charge in [-0.15, -0.1) is 0 Å². The summed E-state index contributed by atoms with van der Waals surface area (Å²) in [6, 6.07) is 0. The van der Waals surface area contributed by atoms with Gasteiger partial charge in [-0.25, -0.2) is 0 Å². The Morgan fingerprint density at radius 3 is 0.404 bits per heavy atom. The Kier molecular flexibility index (Phi) is 89.5. The standard InChI is InChI=1S/C102H194O12/c1-7-13-19-25-31-37-43-49-55-61-67-73-79-85-95(103)109-91-93(111-97(105)87-81-75-69-63-57-51-45-39-33-27-21-15-9-3)101(113-99(107)89-83-77-71-65-59-53-47-41-35-29-23-17-11-5)102(114-100(108)90-84-78-72-66-60-54-48-42-36-30-24-18-12-6)94(112-98(106)88-82-76-70-64-58-52-46-40-34-28-22-16-10-4)92-110-96(104)86-80-74-68-62-56-50-44-38-32-26-20-14-8-2/h93-94,101-102H,7-92H2,1-6H3/t93-,94+,101-,102-/m1/s1. The molecule has 4 atom stereocenters. The summed E-state index contributed by atoms with van der Waals surface area (Å²) >= 11 is 0. The van der Waals surface area contributed by atoms with Crippen LogP contribution in [0.15, 0.2) is 0 Å². The number of ether oxygens (including phenoxy) is 6. The Morgan fingerprint density at radius 2 is 0.263 bits per heavy atom. The minimum atomic E-state index is -1.59. The summed E-state index contributed by atoms with van der Waals surface area (Å²) in [6.07, 6.45) is 84.5. The fourth-order valence-electron chi connectivity index (χ4n) is 16.2. The third kappa shape index (κ3) is 81.2. The number of hydrogen-bond acceptors (Lipinski definition) is 12. The van der Waals surface area contributed by atoms with Crippen LogP contribution >= 0.6 is 0 Å². The summed E-state index contributed by atoms with van der Waals surface area (Å²) in [5.74, 6) is -3.21. The quantitative estimate of drug-likeness (QED) is 0.0323. The molecule has 0 aliphatic rings. The van der Waals surface area contributed by atoms with E-state index < -0.39 is 73.4 Å². The van der Waals surface area contributed by atoms with Crippen molar-refractivity contribution < 1.29 is 57.2 Å². The first kappa shape index (κ1) is 111. The van der Waals surface area contributed by atoms with E-state index in [1.807, 2.05) is 0 Å². The zero-order valence-corrected chi connectivity index (χ0v) is 77.0. The van der Waals surface area contributed by atoms with Crippen LogP contribution in [-0.4, -0.2) is 73.4 Å². The number of rotatable bonds is 95. The van der Waals surface area contributed by atoms with Crippen molar-refractivity contribution in [2.75, 3.05) is 13.2 Å². The highest BCUT2D eigenvalue weighted by Gasteiger charge is 2.46. The second kappa shape index (κ2) is 92.1. The third-order valence-electron chi connectivity index (χ3n) is 23.9. The van der Waals surface area contributed by atoms with Gasteiger partial charge in [0.1, 0.15) is 13.2 Å². The van der Waals surface area contributed by atoms with Crippen molar-refractivity contribution in [2.24, 2.45) is 0 Å². The lowest BCUT2D eigenvalue weighted by Gasteiger charge is -2.36. The normalized spacial score (nSPS) is 12.6. The summed E-state index contributed by atoms with van der Waals surface area (Å²) in [4.78, 5) is 86.9. The van der Waals surface area contributed by atoms with Gasteiger partial charge in [-0.1, -0.05) is 504 Å². The van der Waals surface area contributed by atoms with Crippen molar-refractivity contribution >= 4 is 35.8 Å². The molecule has 0 heterocycles. The first-order valence-corrected chi connectivity index (χ1v) is 51.2. The van der Waals surface area contributed by atoms with Crippen LogP contribution in [0.4, 0.5) is 0 Å². The van der Waals surface area contributed by atoms with Crippen molar-refractivity contribution in [3.63, 3.8) is 0 Å². The van der Waals surface area contributed by atoms with Crippen LogP contribution in [0.3, 0.4) is 0 Å². The predicted molar refractivity (Wildman–Crippen MR) is 483 cm³/mol. The minimum Gasteiger partial charge on any atom is -0.462 e. The molecule has 0 aromatic carbocycles. The molecule has 0 rings (SSSR count). The Balaban J connectivity index is 7.41. The summed E-state index contributed by atoms with van der Waals surface area (Å²) in [7, 11) is 0. The van der Waals surface area contributed by atoms with E-state index in [0.717, 1.165) is 141 Å². The zero-order chi connectivity index (χ0) is 82.8. The van der Waals surface area contributed by atoms with Crippen LogP contribution in [0.5, 0.6) is 0 Å². The maximum atomic E-state index is 14.8. The highest BCUT2D eigenvalue weighted by Crippen LogP contribution is 2.27. The zero-order valence-electron chi connectivity index (χ0n) is 77.0. The number of esters is 6. The second-order valence-electron chi connectivity index (χ2n) is 35.3. The molecular weight excluding hydrogens is 1420 g/mol. The molecule has 674 valence electrons. The Bertz CT molecular complexity index is 1890. The molecule has 0 aliphatic carbocycles. The maximum Gasteiger partial charge on any atom is 0.306 e. The van der Waals surface area contributed by atoms with Crippen LogP contribution in [0.25, 0.3) is 0 Å². The van der Waals surface area contributed by atoms with Crippen molar-refractivity contribution in [2.45, 2.75) is 605 Å². The van der Waals surface area contributed by atoms with Crippen LogP contribution in [0.1, 0.15) is 581 Å². The molecule has 0 fully saturated rings. The number of carbonyl (C=O) groups excluding carboxylic acids is 6. The SMILES string of the molecule is CCCCCCCCCCCCCCCC(=O)OC[C@H](OC(=O)CCCCCCCCCCCCCCC)[C@@H](OC(=O)CCCCCCCCCCCCCCC)[C@H](OC(=O)CCCCCCCCCCCCCCC)[C@@H](COC(=O)CCCCCCCCCCCCCCC)OC(=O)CCCCCCCCCCCCCCC. The van der Waals surface area contributed by atoms with E-state index in [1.165, 1.54) is 321 Å². The van der Waals surface area contributed by atoms with E-state index in [0.29, 0.717) is 38.5 Å². The van der Waals surface area contributed by atoms with E-state index in [9.17, 15) is 28.8 Å². The van der Waals surface area contributed by atoms with Gasteiger partial charge >= 0.3 is 35.8 Å². The van der Waals surface area contributed by atoms with E-state index in [4.69, 9.17) is 28.4 Å². The molecule has 0 aliphatic heterocycles. The molecule has 0 bridgehead atoms. The first-order chi connectivity index (χ1) is 56.1.